The molecule has 0 saturated carbocycles. The summed E-state index contributed by atoms with van der Waals surface area (Å²) >= 11 is 0. The van der Waals surface area contributed by atoms with E-state index in [4.69, 9.17) is 9.84 Å². The number of rotatable bonds is 3. The zero-order valence-electron chi connectivity index (χ0n) is 12.5. The molecule has 1 amide bonds. The standard InChI is InChI=1S/C17H21NO3/c1-12-9-14(5-3-4-8-19)6-7-16(12)18-17(20)15-10-13(2)21-11-15/h6-7,9,13,15,19H,4,8,10-11H2,1-2H3,(H,18,20). The number of hydrogen-bond donors (Lipinski definition) is 2. The summed E-state index contributed by atoms with van der Waals surface area (Å²) in [5, 5.41) is 11.7. The highest BCUT2D eigenvalue weighted by Gasteiger charge is 2.28. The molecule has 1 aliphatic heterocycles. The molecule has 1 aromatic carbocycles. The van der Waals surface area contributed by atoms with Gasteiger partial charge in [-0.05, 0) is 44.0 Å². The van der Waals surface area contributed by atoms with Gasteiger partial charge in [-0.25, -0.2) is 0 Å². The lowest BCUT2D eigenvalue weighted by molar-refractivity contribution is -0.119. The highest BCUT2D eigenvalue weighted by molar-refractivity contribution is 5.93. The van der Waals surface area contributed by atoms with Crippen LogP contribution in [0.25, 0.3) is 0 Å². The molecule has 1 heterocycles. The number of carbonyl (C=O) groups excluding carboxylic acids is 1. The number of aliphatic hydroxyl groups is 1. The Kier molecular flexibility index (Phi) is 5.38. The minimum Gasteiger partial charge on any atom is -0.395 e. The Bertz CT molecular complexity index is 571. The van der Waals surface area contributed by atoms with Crippen molar-refractivity contribution in [3.8, 4) is 11.8 Å². The van der Waals surface area contributed by atoms with Crippen LogP contribution in [-0.4, -0.2) is 30.3 Å². The minimum absolute atomic E-state index is 0.0153. The number of aliphatic hydroxyl groups excluding tert-OH is 1. The molecule has 4 heteroatoms. The van der Waals surface area contributed by atoms with Crippen LogP contribution >= 0.6 is 0 Å². The number of carbonyl (C=O) groups is 1. The van der Waals surface area contributed by atoms with Crippen LogP contribution in [0, 0.1) is 24.7 Å². The van der Waals surface area contributed by atoms with Crippen molar-refractivity contribution in [1.82, 2.24) is 0 Å². The monoisotopic (exact) mass is 287 g/mol. The summed E-state index contributed by atoms with van der Waals surface area (Å²) < 4.78 is 5.43. The van der Waals surface area contributed by atoms with Crippen LogP contribution < -0.4 is 5.32 Å². The molecular weight excluding hydrogens is 266 g/mol. The summed E-state index contributed by atoms with van der Waals surface area (Å²) in [5.74, 6) is 5.82. The Hall–Kier alpha value is -1.83. The van der Waals surface area contributed by atoms with Crippen LogP contribution in [0.3, 0.4) is 0 Å². The Balaban J connectivity index is 2.01. The van der Waals surface area contributed by atoms with E-state index in [1.165, 1.54) is 0 Å². The van der Waals surface area contributed by atoms with E-state index in [0.29, 0.717) is 13.0 Å². The molecule has 1 saturated heterocycles. The first kappa shape index (κ1) is 15.6. The molecule has 4 nitrogen and oxygen atoms in total. The summed E-state index contributed by atoms with van der Waals surface area (Å²) in [5.41, 5.74) is 2.68. The van der Waals surface area contributed by atoms with Crippen molar-refractivity contribution < 1.29 is 14.6 Å². The highest BCUT2D eigenvalue weighted by Crippen LogP contribution is 2.22. The minimum atomic E-state index is -0.0663. The number of benzene rings is 1. The van der Waals surface area contributed by atoms with Crippen LogP contribution in [0.1, 0.15) is 30.9 Å². The third-order valence-electron chi connectivity index (χ3n) is 3.52. The predicted octanol–water partition coefficient (Wildman–Crippen LogP) is 2.09. The molecule has 0 spiro atoms. The molecule has 1 aliphatic rings. The third kappa shape index (κ3) is 4.32. The molecule has 0 aromatic heterocycles. The summed E-state index contributed by atoms with van der Waals surface area (Å²) in [6.45, 7) is 4.50. The maximum absolute atomic E-state index is 12.2. The predicted molar refractivity (Wildman–Crippen MR) is 81.9 cm³/mol. The highest BCUT2D eigenvalue weighted by atomic mass is 16.5. The van der Waals surface area contributed by atoms with Crippen LogP contribution in [0.15, 0.2) is 18.2 Å². The zero-order chi connectivity index (χ0) is 15.2. The van der Waals surface area contributed by atoms with E-state index in [2.05, 4.69) is 17.2 Å². The fraction of sp³-hybridized carbons (Fsp3) is 0.471. The Morgan fingerprint density at radius 3 is 2.95 bits per heavy atom. The summed E-state index contributed by atoms with van der Waals surface area (Å²) in [6, 6.07) is 5.68. The molecule has 2 atom stereocenters. The second-order valence-electron chi connectivity index (χ2n) is 5.37. The molecule has 2 rings (SSSR count). The van der Waals surface area contributed by atoms with E-state index in [-0.39, 0.29) is 24.5 Å². The largest absolute Gasteiger partial charge is 0.395 e. The number of hydrogen-bond acceptors (Lipinski definition) is 3. The van der Waals surface area contributed by atoms with Gasteiger partial charge < -0.3 is 15.2 Å². The van der Waals surface area contributed by atoms with E-state index in [1.54, 1.807) is 0 Å². The molecular formula is C17H21NO3. The van der Waals surface area contributed by atoms with Crippen molar-refractivity contribution in [2.45, 2.75) is 32.8 Å². The lowest BCUT2D eigenvalue weighted by atomic mass is 10.0. The van der Waals surface area contributed by atoms with Gasteiger partial charge in [0.2, 0.25) is 5.91 Å². The topological polar surface area (TPSA) is 58.6 Å². The van der Waals surface area contributed by atoms with Gasteiger partial charge in [0.25, 0.3) is 0 Å². The van der Waals surface area contributed by atoms with Gasteiger partial charge in [0.05, 0.1) is 25.2 Å². The normalized spacial score (nSPS) is 20.7. The van der Waals surface area contributed by atoms with Gasteiger partial charge in [-0.2, -0.15) is 0 Å². The van der Waals surface area contributed by atoms with Gasteiger partial charge in [0, 0.05) is 17.7 Å². The average molecular weight is 287 g/mol. The number of nitrogens with one attached hydrogen (secondary N) is 1. The van der Waals surface area contributed by atoms with E-state index < -0.39 is 0 Å². The van der Waals surface area contributed by atoms with Crippen molar-refractivity contribution >= 4 is 11.6 Å². The first-order chi connectivity index (χ1) is 10.1. The summed E-state index contributed by atoms with van der Waals surface area (Å²) in [6.07, 6.45) is 1.40. The van der Waals surface area contributed by atoms with E-state index >= 15 is 0 Å². The van der Waals surface area contributed by atoms with Crippen LogP contribution in [0.4, 0.5) is 5.69 Å². The van der Waals surface area contributed by atoms with Crippen LogP contribution in [-0.2, 0) is 9.53 Å². The molecule has 112 valence electrons. The van der Waals surface area contributed by atoms with E-state index in [1.807, 2.05) is 32.0 Å². The van der Waals surface area contributed by atoms with Gasteiger partial charge in [0.1, 0.15) is 0 Å². The van der Waals surface area contributed by atoms with Gasteiger partial charge in [-0.3, -0.25) is 4.79 Å². The molecule has 1 fully saturated rings. The number of anilines is 1. The van der Waals surface area contributed by atoms with Crippen LogP contribution in [0.2, 0.25) is 0 Å². The molecule has 1 aromatic rings. The Morgan fingerprint density at radius 1 is 1.52 bits per heavy atom. The molecule has 0 aliphatic carbocycles. The second kappa shape index (κ2) is 7.26. The van der Waals surface area contributed by atoms with E-state index in [0.717, 1.165) is 23.2 Å². The van der Waals surface area contributed by atoms with Gasteiger partial charge >= 0.3 is 0 Å². The number of ether oxygens (including phenoxy) is 1. The first-order valence-corrected chi connectivity index (χ1v) is 7.23. The number of amides is 1. The Morgan fingerprint density at radius 2 is 2.33 bits per heavy atom. The lowest BCUT2D eigenvalue weighted by Crippen LogP contribution is -2.23. The third-order valence-corrected chi connectivity index (χ3v) is 3.52. The van der Waals surface area contributed by atoms with Crippen molar-refractivity contribution in [3.05, 3.63) is 29.3 Å². The van der Waals surface area contributed by atoms with Crippen molar-refractivity contribution in [2.75, 3.05) is 18.5 Å². The molecule has 2 unspecified atom stereocenters. The first-order valence-electron chi connectivity index (χ1n) is 7.23. The SMILES string of the molecule is Cc1cc(C#CCCO)ccc1NC(=O)C1COC(C)C1. The number of aryl methyl sites for hydroxylation is 1. The average Bonchev–Trinajstić information content (AvgIpc) is 2.89. The maximum atomic E-state index is 12.2. The molecule has 2 N–H and O–H groups in total. The maximum Gasteiger partial charge on any atom is 0.229 e. The molecule has 0 bridgehead atoms. The van der Waals surface area contributed by atoms with Crippen molar-refractivity contribution in [1.29, 1.82) is 0 Å². The van der Waals surface area contributed by atoms with Crippen molar-refractivity contribution in [2.24, 2.45) is 5.92 Å². The summed E-state index contributed by atoms with van der Waals surface area (Å²) in [4.78, 5) is 12.2. The zero-order valence-corrected chi connectivity index (χ0v) is 12.5. The second-order valence-corrected chi connectivity index (χ2v) is 5.37. The van der Waals surface area contributed by atoms with Crippen molar-refractivity contribution in [3.63, 3.8) is 0 Å². The van der Waals surface area contributed by atoms with Gasteiger partial charge in [-0.15, -0.1) is 0 Å². The summed E-state index contributed by atoms with van der Waals surface area (Å²) in [7, 11) is 0. The molecule has 21 heavy (non-hydrogen) atoms. The fourth-order valence-corrected chi connectivity index (χ4v) is 2.34. The fourth-order valence-electron chi connectivity index (χ4n) is 2.34. The molecule has 0 radical (unpaired) electrons. The van der Waals surface area contributed by atoms with Crippen LogP contribution in [0.5, 0.6) is 0 Å². The Labute approximate surface area is 125 Å². The quantitative estimate of drug-likeness (QED) is 0.837. The van der Waals surface area contributed by atoms with E-state index in [9.17, 15) is 4.79 Å². The van der Waals surface area contributed by atoms with Gasteiger partial charge in [-0.1, -0.05) is 11.8 Å². The smallest absolute Gasteiger partial charge is 0.229 e. The lowest BCUT2D eigenvalue weighted by Gasteiger charge is -2.12. The van der Waals surface area contributed by atoms with Gasteiger partial charge in [0.15, 0.2) is 0 Å².